The number of nitrogens with zero attached hydrogens (tertiary/aromatic N) is 2. The van der Waals surface area contributed by atoms with Crippen LogP contribution in [-0.4, -0.2) is 41.0 Å². The van der Waals surface area contributed by atoms with Crippen molar-refractivity contribution in [3.8, 4) is 0 Å². The first-order chi connectivity index (χ1) is 7.29. The summed E-state index contributed by atoms with van der Waals surface area (Å²) in [6, 6.07) is 0.489. The number of alkyl halides is 1. The Bertz CT molecular complexity index is 318. The lowest BCUT2D eigenvalue weighted by molar-refractivity contribution is -0.00215. The molecule has 0 saturated carbocycles. The molecule has 5 heteroatoms. The molecular formula is C10H15BrN2OS. The van der Waals surface area contributed by atoms with Crippen molar-refractivity contribution in [2.45, 2.75) is 19.5 Å². The molecule has 1 aliphatic heterocycles. The van der Waals surface area contributed by atoms with Crippen molar-refractivity contribution in [3.63, 3.8) is 0 Å². The van der Waals surface area contributed by atoms with Crippen molar-refractivity contribution in [3.05, 3.63) is 16.1 Å². The number of ether oxygens (including phenoxy) is 1. The Balaban J connectivity index is 1.97. The van der Waals surface area contributed by atoms with Crippen LogP contribution >= 0.6 is 27.3 Å². The van der Waals surface area contributed by atoms with Crippen LogP contribution < -0.4 is 0 Å². The molecule has 1 saturated heterocycles. The van der Waals surface area contributed by atoms with Crippen LogP contribution in [0, 0.1) is 6.92 Å². The average molecular weight is 291 g/mol. The quantitative estimate of drug-likeness (QED) is 0.797. The van der Waals surface area contributed by atoms with Crippen molar-refractivity contribution in [2.75, 3.05) is 25.1 Å². The Labute approximate surface area is 103 Å². The standard InChI is InChI=1S/C10H15BrN2OS/c1-8-7-15-10(12-8)5-13-2-3-14-6-9(13)4-11/h7,9H,2-6H2,1H3. The van der Waals surface area contributed by atoms with Crippen molar-refractivity contribution in [1.82, 2.24) is 9.88 Å². The summed E-state index contributed by atoms with van der Waals surface area (Å²) in [6.45, 7) is 5.68. The summed E-state index contributed by atoms with van der Waals surface area (Å²) < 4.78 is 5.46. The van der Waals surface area contributed by atoms with Crippen LogP contribution in [0.15, 0.2) is 5.38 Å². The van der Waals surface area contributed by atoms with E-state index in [1.807, 2.05) is 6.92 Å². The molecule has 1 unspecified atom stereocenters. The van der Waals surface area contributed by atoms with Gasteiger partial charge in [-0.25, -0.2) is 4.98 Å². The number of hydrogen-bond donors (Lipinski definition) is 0. The minimum absolute atomic E-state index is 0.489. The van der Waals surface area contributed by atoms with Gasteiger partial charge in [0.25, 0.3) is 0 Å². The number of thiazole rings is 1. The first kappa shape index (κ1) is 11.5. The lowest BCUT2D eigenvalue weighted by Gasteiger charge is -2.33. The van der Waals surface area contributed by atoms with Gasteiger partial charge in [-0.15, -0.1) is 11.3 Å². The molecule has 0 N–H and O–H groups in total. The fourth-order valence-corrected chi connectivity index (χ4v) is 3.08. The minimum Gasteiger partial charge on any atom is -0.378 e. The Morgan fingerprint density at radius 3 is 3.27 bits per heavy atom. The summed E-state index contributed by atoms with van der Waals surface area (Å²) in [5, 5.41) is 4.29. The molecule has 2 rings (SSSR count). The normalized spacial score (nSPS) is 23.2. The number of hydrogen-bond acceptors (Lipinski definition) is 4. The lowest BCUT2D eigenvalue weighted by Crippen LogP contribution is -2.45. The fraction of sp³-hybridized carbons (Fsp3) is 0.700. The number of aromatic nitrogens is 1. The molecule has 1 fully saturated rings. The summed E-state index contributed by atoms with van der Waals surface area (Å²) in [7, 11) is 0. The van der Waals surface area contributed by atoms with Gasteiger partial charge in [0.15, 0.2) is 0 Å². The highest BCUT2D eigenvalue weighted by atomic mass is 79.9. The zero-order valence-corrected chi connectivity index (χ0v) is 11.2. The van der Waals surface area contributed by atoms with Gasteiger partial charge in [0.2, 0.25) is 0 Å². The first-order valence-corrected chi connectivity index (χ1v) is 7.08. The molecule has 1 aromatic heterocycles. The predicted molar refractivity (Wildman–Crippen MR) is 65.7 cm³/mol. The third-order valence-electron chi connectivity index (χ3n) is 2.53. The van der Waals surface area contributed by atoms with Gasteiger partial charge in [0.1, 0.15) is 5.01 Å². The molecular weight excluding hydrogens is 276 g/mol. The lowest BCUT2D eigenvalue weighted by atomic mass is 10.2. The number of halogens is 1. The van der Waals surface area contributed by atoms with Crippen LogP contribution in [0.1, 0.15) is 10.7 Å². The Morgan fingerprint density at radius 2 is 2.60 bits per heavy atom. The van der Waals surface area contributed by atoms with E-state index in [0.29, 0.717) is 6.04 Å². The minimum atomic E-state index is 0.489. The molecule has 2 heterocycles. The largest absolute Gasteiger partial charge is 0.378 e. The molecule has 0 amide bonds. The van der Waals surface area contributed by atoms with Crippen LogP contribution in [-0.2, 0) is 11.3 Å². The zero-order valence-electron chi connectivity index (χ0n) is 8.78. The molecule has 15 heavy (non-hydrogen) atoms. The second-order valence-electron chi connectivity index (χ2n) is 3.74. The van der Waals surface area contributed by atoms with E-state index in [1.54, 1.807) is 11.3 Å². The van der Waals surface area contributed by atoms with E-state index in [-0.39, 0.29) is 0 Å². The van der Waals surface area contributed by atoms with Crippen molar-refractivity contribution < 1.29 is 4.74 Å². The topological polar surface area (TPSA) is 25.4 Å². The summed E-state index contributed by atoms with van der Waals surface area (Å²) in [5.41, 5.74) is 1.12. The van der Waals surface area contributed by atoms with E-state index in [0.717, 1.165) is 37.3 Å². The fourth-order valence-electron chi connectivity index (χ4n) is 1.69. The van der Waals surface area contributed by atoms with E-state index < -0.39 is 0 Å². The Hall–Kier alpha value is 0.0300. The highest BCUT2D eigenvalue weighted by Crippen LogP contribution is 2.16. The Kier molecular flexibility index (Phi) is 4.13. The predicted octanol–water partition coefficient (Wildman–Crippen LogP) is 2.05. The molecule has 0 aromatic carbocycles. The van der Waals surface area contributed by atoms with E-state index in [9.17, 15) is 0 Å². The van der Waals surface area contributed by atoms with Gasteiger partial charge in [-0.3, -0.25) is 4.90 Å². The van der Waals surface area contributed by atoms with Crippen LogP contribution in [0.4, 0.5) is 0 Å². The summed E-state index contributed by atoms with van der Waals surface area (Å²) >= 11 is 5.28. The second kappa shape index (κ2) is 5.39. The number of morpholine rings is 1. The van der Waals surface area contributed by atoms with Gasteiger partial charge < -0.3 is 4.74 Å². The van der Waals surface area contributed by atoms with Crippen LogP contribution in [0.25, 0.3) is 0 Å². The molecule has 1 aliphatic rings. The third kappa shape index (κ3) is 3.00. The van der Waals surface area contributed by atoms with Gasteiger partial charge in [0, 0.05) is 29.0 Å². The smallest absolute Gasteiger partial charge is 0.107 e. The third-order valence-corrected chi connectivity index (χ3v) is 4.23. The van der Waals surface area contributed by atoms with Crippen LogP contribution in [0.5, 0.6) is 0 Å². The number of aryl methyl sites for hydroxylation is 1. The van der Waals surface area contributed by atoms with Crippen molar-refractivity contribution >= 4 is 27.3 Å². The average Bonchev–Trinajstić information content (AvgIpc) is 2.65. The van der Waals surface area contributed by atoms with Gasteiger partial charge >= 0.3 is 0 Å². The van der Waals surface area contributed by atoms with E-state index in [2.05, 4.69) is 31.2 Å². The van der Waals surface area contributed by atoms with E-state index in [4.69, 9.17) is 4.74 Å². The molecule has 3 nitrogen and oxygen atoms in total. The SMILES string of the molecule is Cc1csc(CN2CCOCC2CBr)n1. The number of rotatable bonds is 3. The zero-order chi connectivity index (χ0) is 10.7. The summed E-state index contributed by atoms with van der Waals surface area (Å²) in [5.74, 6) is 0. The maximum atomic E-state index is 5.46. The molecule has 1 atom stereocenters. The monoisotopic (exact) mass is 290 g/mol. The molecule has 84 valence electrons. The van der Waals surface area contributed by atoms with Gasteiger partial charge in [-0.1, -0.05) is 15.9 Å². The summed E-state index contributed by atoms with van der Waals surface area (Å²) in [4.78, 5) is 6.94. The van der Waals surface area contributed by atoms with Crippen molar-refractivity contribution in [1.29, 1.82) is 0 Å². The first-order valence-electron chi connectivity index (χ1n) is 5.08. The highest BCUT2D eigenvalue weighted by Gasteiger charge is 2.22. The Morgan fingerprint density at radius 1 is 1.73 bits per heavy atom. The van der Waals surface area contributed by atoms with Gasteiger partial charge in [-0.2, -0.15) is 0 Å². The maximum Gasteiger partial charge on any atom is 0.107 e. The van der Waals surface area contributed by atoms with Crippen LogP contribution in [0.3, 0.4) is 0 Å². The van der Waals surface area contributed by atoms with Gasteiger partial charge in [0.05, 0.1) is 19.8 Å². The molecule has 1 aromatic rings. The molecule has 0 aliphatic carbocycles. The summed E-state index contributed by atoms with van der Waals surface area (Å²) in [6.07, 6.45) is 0. The second-order valence-corrected chi connectivity index (χ2v) is 5.33. The van der Waals surface area contributed by atoms with Crippen LogP contribution in [0.2, 0.25) is 0 Å². The maximum absolute atomic E-state index is 5.46. The van der Waals surface area contributed by atoms with E-state index in [1.165, 1.54) is 5.01 Å². The van der Waals surface area contributed by atoms with E-state index >= 15 is 0 Å². The molecule has 0 radical (unpaired) electrons. The molecule has 0 bridgehead atoms. The van der Waals surface area contributed by atoms with Gasteiger partial charge in [-0.05, 0) is 6.92 Å². The highest BCUT2D eigenvalue weighted by molar-refractivity contribution is 9.09. The molecule has 0 spiro atoms. The van der Waals surface area contributed by atoms with Crippen molar-refractivity contribution in [2.24, 2.45) is 0 Å².